The number of halogens is 2. The van der Waals surface area contributed by atoms with Crippen LogP contribution in [0.4, 0.5) is 5.69 Å². The Morgan fingerprint density at radius 1 is 0.962 bits per heavy atom. The lowest BCUT2D eigenvalue weighted by Crippen LogP contribution is -2.23. The van der Waals surface area contributed by atoms with E-state index < -0.39 is 20.0 Å². The molecular formula is C16H18Cl2N2O4S2. The molecule has 0 saturated carbocycles. The minimum atomic E-state index is -4.06. The summed E-state index contributed by atoms with van der Waals surface area (Å²) >= 11 is 11.8. The summed E-state index contributed by atoms with van der Waals surface area (Å²) < 4.78 is 53.7. The number of rotatable bonds is 5. The third-order valence-corrected chi connectivity index (χ3v) is 7.72. The minimum absolute atomic E-state index is 0.00772. The monoisotopic (exact) mass is 436 g/mol. The van der Waals surface area contributed by atoms with E-state index in [0.717, 1.165) is 4.31 Å². The standard InChI is InChI=1S/C16H18Cl2N2O4S2/c1-10-7-13(26(23,24)20(3)4)9-15(11(10)2)19-25(21,22)16-8-12(17)5-6-14(16)18/h5-9,19H,1-4H3. The van der Waals surface area contributed by atoms with Crippen molar-refractivity contribution in [2.75, 3.05) is 18.8 Å². The normalized spacial score (nSPS) is 12.4. The van der Waals surface area contributed by atoms with Gasteiger partial charge in [0.05, 0.1) is 15.6 Å². The molecule has 0 unspecified atom stereocenters. The van der Waals surface area contributed by atoms with Crippen LogP contribution < -0.4 is 4.72 Å². The second-order valence-electron chi connectivity index (χ2n) is 5.88. The van der Waals surface area contributed by atoms with Crippen molar-refractivity contribution in [2.24, 2.45) is 0 Å². The number of hydrogen-bond acceptors (Lipinski definition) is 4. The molecule has 0 aliphatic carbocycles. The van der Waals surface area contributed by atoms with Gasteiger partial charge in [-0.15, -0.1) is 0 Å². The number of aryl methyl sites for hydroxylation is 1. The van der Waals surface area contributed by atoms with Crippen LogP contribution >= 0.6 is 23.2 Å². The van der Waals surface area contributed by atoms with E-state index >= 15 is 0 Å². The first-order chi connectivity index (χ1) is 11.9. The SMILES string of the molecule is Cc1cc(S(=O)(=O)N(C)C)cc(NS(=O)(=O)c2cc(Cl)ccc2Cl)c1C. The second kappa shape index (κ2) is 7.36. The Kier molecular flexibility index (Phi) is 5.94. The van der Waals surface area contributed by atoms with Gasteiger partial charge in [-0.25, -0.2) is 21.1 Å². The Morgan fingerprint density at radius 3 is 2.15 bits per heavy atom. The molecule has 0 saturated heterocycles. The van der Waals surface area contributed by atoms with Gasteiger partial charge in [0.15, 0.2) is 0 Å². The van der Waals surface area contributed by atoms with E-state index in [4.69, 9.17) is 23.2 Å². The van der Waals surface area contributed by atoms with E-state index in [1.807, 2.05) is 0 Å². The largest absolute Gasteiger partial charge is 0.279 e. The molecule has 0 heterocycles. The van der Waals surface area contributed by atoms with Crippen molar-refractivity contribution in [3.05, 3.63) is 51.5 Å². The summed E-state index contributed by atoms with van der Waals surface area (Å²) in [7, 11) is -4.98. The van der Waals surface area contributed by atoms with Gasteiger partial charge in [-0.3, -0.25) is 4.72 Å². The highest BCUT2D eigenvalue weighted by molar-refractivity contribution is 7.93. The fourth-order valence-electron chi connectivity index (χ4n) is 2.17. The lowest BCUT2D eigenvalue weighted by Gasteiger charge is -2.17. The summed E-state index contributed by atoms with van der Waals surface area (Å²) in [5.74, 6) is 0. The van der Waals surface area contributed by atoms with Gasteiger partial charge in [0.25, 0.3) is 10.0 Å². The predicted octanol–water partition coefficient (Wildman–Crippen LogP) is 3.66. The Bertz CT molecular complexity index is 1070. The topological polar surface area (TPSA) is 83.6 Å². The molecule has 142 valence electrons. The van der Waals surface area contributed by atoms with Crippen LogP contribution in [0.25, 0.3) is 0 Å². The molecule has 0 aliphatic rings. The van der Waals surface area contributed by atoms with Crippen LogP contribution in [-0.4, -0.2) is 35.2 Å². The highest BCUT2D eigenvalue weighted by atomic mass is 35.5. The second-order valence-corrected chi connectivity index (χ2v) is 10.5. The van der Waals surface area contributed by atoms with Crippen LogP contribution in [0, 0.1) is 13.8 Å². The lowest BCUT2D eigenvalue weighted by molar-refractivity contribution is 0.520. The zero-order chi connectivity index (χ0) is 19.9. The zero-order valence-electron chi connectivity index (χ0n) is 14.5. The number of nitrogens with zero attached hydrogens (tertiary/aromatic N) is 1. The summed E-state index contributed by atoms with van der Waals surface area (Å²) in [6, 6.07) is 6.86. The summed E-state index contributed by atoms with van der Waals surface area (Å²) in [6.45, 7) is 3.40. The maximum atomic E-state index is 12.7. The molecule has 1 N–H and O–H groups in total. The van der Waals surface area contributed by atoms with E-state index in [9.17, 15) is 16.8 Å². The maximum Gasteiger partial charge on any atom is 0.263 e. The van der Waals surface area contributed by atoms with Crippen LogP contribution in [0.5, 0.6) is 0 Å². The van der Waals surface area contributed by atoms with Crippen LogP contribution in [0.2, 0.25) is 10.0 Å². The molecule has 6 nitrogen and oxygen atoms in total. The van der Waals surface area contributed by atoms with Gasteiger partial charge in [-0.05, 0) is 55.3 Å². The molecule has 0 fully saturated rings. The predicted molar refractivity (Wildman–Crippen MR) is 104 cm³/mol. The number of sulfonamides is 2. The molecule has 2 rings (SSSR count). The van der Waals surface area contributed by atoms with Crippen molar-refractivity contribution in [1.29, 1.82) is 0 Å². The first kappa shape index (κ1) is 21.0. The highest BCUT2D eigenvalue weighted by Gasteiger charge is 2.23. The molecular weight excluding hydrogens is 419 g/mol. The van der Waals surface area contributed by atoms with Crippen molar-refractivity contribution in [3.8, 4) is 0 Å². The summed E-state index contributed by atoms with van der Waals surface area (Å²) in [4.78, 5) is -0.204. The number of hydrogen-bond donors (Lipinski definition) is 1. The summed E-state index contributed by atoms with van der Waals surface area (Å²) in [5, 5.41) is 0.222. The molecule has 2 aromatic rings. The maximum absolute atomic E-state index is 12.7. The fraction of sp³-hybridized carbons (Fsp3) is 0.250. The van der Waals surface area contributed by atoms with Crippen LogP contribution in [0.3, 0.4) is 0 Å². The zero-order valence-corrected chi connectivity index (χ0v) is 17.7. The van der Waals surface area contributed by atoms with Crippen LogP contribution in [-0.2, 0) is 20.0 Å². The van der Waals surface area contributed by atoms with Crippen molar-refractivity contribution < 1.29 is 16.8 Å². The molecule has 0 amide bonds. The van der Waals surface area contributed by atoms with Crippen molar-refractivity contribution >= 4 is 48.9 Å². The smallest absolute Gasteiger partial charge is 0.263 e. The van der Waals surface area contributed by atoms with Crippen LogP contribution in [0.1, 0.15) is 11.1 Å². The molecule has 0 spiro atoms. The Balaban J connectivity index is 2.59. The lowest BCUT2D eigenvalue weighted by atomic mass is 10.1. The van der Waals surface area contributed by atoms with E-state index in [0.29, 0.717) is 11.1 Å². The van der Waals surface area contributed by atoms with E-state index in [-0.39, 0.29) is 25.5 Å². The first-order valence-electron chi connectivity index (χ1n) is 7.38. The summed E-state index contributed by atoms with van der Waals surface area (Å²) in [6.07, 6.45) is 0. The van der Waals surface area contributed by atoms with E-state index in [1.165, 1.54) is 44.4 Å². The Morgan fingerprint density at radius 2 is 1.58 bits per heavy atom. The van der Waals surface area contributed by atoms with Crippen molar-refractivity contribution in [3.63, 3.8) is 0 Å². The van der Waals surface area contributed by atoms with Gasteiger partial charge in [0, 0.05) is 19.1 Å². The molecule has 2 aromatic carbocycles. The molecule has 0 bridgehead atoms. The van der Waals surface area contributed by atoms with Gasteiger partial charge in [0.1, 0.15) is 4.90 Å². The Labute approximate surface area is 163 Å². The molecule has 0 atom stereocenters. The van der Waals surface area contributed by atoms with Gasteiger partial charge < -0.3 is 0 Å². The number of nitrogens with one attached hydrogen (secondary N) is 1. The van der Waals surface area contributed by atoms with Crippen molar-refractivity contribution in [2.45, 2.75) is 23.6 Å². The number of benzene rings is 2. The molecule has 0 radical (unpaired) electrons. The molecule has 0 aliphatic heterocycles. The van der Waals surface area contributed by atoms with E-state index in [2.05, 4.69) is 4.72 Å². The van der Waals surface area contributed by atoms with Crippen molar-refractivity contribution in [1.82, 2.24) is 4.31 Å². The van der Waals surface area contributed by atoms with Gasteiger partial charge in [0.2, 0.25) is 10.0 Å². The third kappa shape index (κ3) is 4.15. The van der Waals surface area contributed by atoms with Gasteiger partial charge in [-0.1, -0.05) is 23.2 Å². The Hall–Kier alpha value is -1.32. The average molecular weight is 437 g/mol. The molecule has 10 heteroatoms. The number of anilines is 1. The average Bonchev–Trinajstić information content (AvgIpc) is 2.53. The van der Waals surface area contributed by atoms with Gasteiger partial charge in [-0.2, -0.15) is 0 Å². The highest BCUT2D eigenvalue weighted by Crippen LogP contribution is 2.30. The summed E-state index contributed by atoms with van der Waals surface area (Å²) in [5.41, 5.74) is 1.38. The molecule has 0 aromatic heterocycles. The van der Waals surface area contributed by atoms with E-state index in [1.54, 1.807) is 13.8 Å². The fourth-order valence-corrected chi connectivity index (χ4v) is 5.07. The minimum Gasteiger partial charge on any atom is -0.279 e. The first-order valence-corrected chi connectivity index (χ1v) is 11.1. The third-order valence-electron chi connectivity index (χ3n) is 3.85. The molecule has 26 heavy (non-hydrogen) atoms. The van der Waals surface area contributed by atoms with Crippen LogP contribution in [0.15, 0.2) is 40.1 Å². The van der Waals surface area contributed by atoms with Gasteiger partial charge >= 0.3 is 0 Å². The quantitative estimate of drug-likeness (QED) is 0.774.